The van der Waals surface area contributed by atoms with Crippen LogP contribution in [0.1, 0.15) is 51.5 Å². The number of hydrogen-bond donors (Lipinski definition) is 3. The van der Waals surface area contributed by atoms with Gasteiger partial charge in [-0.05, 0) is 44.7 Å². The number of aromatic nitrogens is 1. The van der Waals surface area contributed by atoms with E-state index in [9.17, 15) is 17.4 Å². The molecule has 0 radical (unpaired) electrons. The molecule has 3 N–H and O–H groups in total. The van der Waals surface area contributed by atoms with E-state index < -0.39 is 22.5 Å². The number of nitrogens with zero attached hydrogens (tertiary/aromatic N) is 2. The summed E-state index contributed by atoms with van der Waals surface area (Å²) in [6.45, 7) is 5.84. The molecule has 0 aliphatic heterocycles. The average Bonchev–Trinajstić information content (AvgIpc) is 2.73. The third-order valence-electron chi connectivity index (χ3n) is 4.97. The number of guanidine groups is 1. The highest BCUT2D eigenvalue weighted by molar-refractivity contribution is 14.0. The van der Waals surface area contributed by atoms with Gasteiger partial charge in [-0.25, -0.2) is 4.98 Å². The second-order valence-corrected chi connectivity index (χ2v) is 9.28. The van der Waals surface area contributed by atoms with Crippen LogP contribution in [-0.4, -0.2) is 51.8 Å². The van der Waals surface area contributed by atoms with Crippen molar-refractivity contribution >= 4 is 46.6 Å². The van der Waals surface area contributed by atoms with Crippen LogP contribution in [0.15, 0.2) is 23.3 Å². The second-order valence-electron chi connectivity index (χ2n) is 7.27. The maximum Gasteiger partial charge on any atom is 0.417 e. The first-order valence-corrected chi connectivity index (χ1v) is 11.9. The van der Waals surface area contributed by atoms with Crippen LogP contribution in [0.25, 0.3) is 0 Å². The maximum atomic E-state index is 12.6. The summed E-state index contributed by atoms with van der Waals surface area (Å²) in [5, 5.41) is 9.97. The number of pyridine rings is 1. The summed E-state index contributed by atoms with van der Waals surface area (Å²) in [7, 11) is -0.762. The van der Waals surface area contributed by atoms with Crippen molar-refractivity contribution in [3.05, 3.63) is 23.9 Å². The summed E-state index contributed by atoms with van der Waals surface area (Å²) in [5.74, 6) is 1.86. The molecule has 11 heteroatoms. The van der Waals surface area contributed by atoms with Gasteiger partial charge in [0, 0.05) is 53.7 Å². The maximum absolute atomic E-state index is 12.6. The van der Waals surface area contributed by atoms with E-state index in [1.807, 2.05) is 13.8 Å². The van der Waals surface area contributed by atoms with Gasteiger partial charge >= 0.3 is 6.18 Å². The molecule has 3 atom stereocenters. The Hall–Kier alpha value is -1.11. The second kappa shape index (κ2) is 14.1. The van der Waals surface area contributed by atoms with Gasteiger partial charge in [0.05, 0.1) is 5.56 Å². The van der Waals surface area contributed by atoms with Crippen molar-refractivity contribution in [1.29, 1.82) is 0 Å². The first-order valence-electron chi connectivity index (χ1n) is 10.5. The molecule has 178 valence electrons. The van der Waals surface area contributed by atoms with Crippen molar-refractivity contribution < 1.29 is 17.4 Å². The fourth-order valence-corrected chi connectivity index (χ4v) is 4.76. The molecule has 0 spiro atoms. The summed E-state index contributed by atoms with van der Waals surface area (Å²) in [6.07, 6.45) is 1.20. The van der Waals surface area contributed by atoms with Gasteiger partial charge < -0.3 is 16.0 Å². The van der Waals surface area contributed by atoms with Crippen LogP contribution in [0.5, 0.6) is 0 Å². The number of nitrogens with one attached hydrogen (secondary N) is 3. The van der Waals surface area contributed by atoms with E-state index in [-0.39, 0.29) is 35.3 Å². The number of aliphatic imine (C=N–C) groups is 1. The molecule has 1 aromatic heterocycles. The molecule has 6 nitrogen and oxygen atoms in total. The third-order valence-corrected chi connectivity index (χ3v) is 6.71. The summed E-state index contributed by atoms with van der Waals surface area (Å²) >= 11 is 0. The molecule has 1 aromatic rings. The number of alkyl halides is 3. The van der Waals surface area contributed by atoms with Crippen LogP contribution in [0.4, 0.5) is 19.0 Å². The van der Waals surface area contributed by atoms with Crippen molar-refractivity contribution in [2.24, 2.45) is 4.99 Å². The molecule has 1 saturated carbocycles. The lowest BCUT2D eigenvalue weighted by atomic mass is 9.95. The lowest BCUT2D eigenvalue weighted by Crippen LogP contribution is -2.46. The minimum Gasteiger partial charge on any atom is -0.370 e. The molecule has 0 amide bonds. The van der Waals surface area contributed by atoms with Crippen LogP contribution in [-0.2, 0) is 17.0 Å². The van der Waals surface area contributed by atoms with Crippen molar-refractivity contribution in [2.75, 3.05) is 30.7 Å². The third kappa shape index (κ3) is 9.92. The summed E-state index contributed by atoms with van der Waals surface area (Å²) in [6, 6.07) is 2.62. The van der Waals surface area contributed by atoms with Gasteiger partial charge in [-0.2, -0.15) is 13.2 Å². The first kappa shape index (κ1) is 27.9. The topological polar surface area (TPSA) is 78.4 Å². The van der Waals surface area contributed by atoms with E-state index in [1.54, 1.807) is 0 Å². The molecule has 1 fully saturated rings. The quantitative estimate of drug-likeness (QED) is 0.179. The van der Waals surface area contributed by atoms with Crippen molar-refractivity contribution in [1.82, 2.24) is 15.6 Å². The predicted molar refractivity (Wildman–Crippen MR) is 132 cm³/mol. The highest BCUT2D eigenvalue weighted by Crippen LogP contribution is 2.28. The number of halogens is 4. The van der Waals surface area contributed by atoms with Crippen LogP contribution in [0.3, 0.4) is 0 Å². The van der Waals surface area contributed by atoms with Crippen LogP contribution in [0, 0.1) is 0 Å². The molecule has 3 unspecified atom stereocenters. The molecule has 0 bridgehead atoms. The van der Waals surface area contributed by atoms with E-state index in [0.717, 1.165) is 50.5 Å². The summed E-state index contributed by atoms with van der Waals surface area (Å²) in [4.78, 5) is 8.38. The molecular weight excluding hydrogens is 542 g/mol. The molecule has 31 heavy (non-hydrogen) atoms. The smallest absolute Gasteiger partial charge is 0.370 e. The first-order chi connectivity index (χ1) is 14.3. The van der Waals surface area contributed by atoms with Crippen molar-refractivity contribution in [2.45, 2.75) is 63.4 Å². The Morgan fingerprint density at radius 3 is 2.68 bits per heavy atom. The van der Waals surface area contributed by atoms with Crippen LogP contribution < -0.4 is 16.0 Å². The van der Waals surface area contributed by atoms with Gasteiger partial charge in [0.25, 0.3) is 0 Å². The van der Waals surface area contributed by atoms with Crippen LogP contribution in [0.2, 0.25) is 0 Å². The number of hydrogen-bond acceptors (Lipinski definition) is 4. The number of rotatable bonds is 9. The average molecular weight is 575 g/mol. The van der Waals surface area contributed by atoms with Gasteiger partial charge in [0.15, 0.2) is 5.96 Å². The van der Waals surface area contributed by atoms with Gasteiger partial charge in [-0.1, -0.05) is 13.3 Å². The SMILES string of the molecule is CCNC(=NCCCNc1ccc(C(F)(F)F)cn1)NC1CCCC(S(=O)CC)C1.I. The molecule has 0 saturated heterocycles. The zero-order chi connectivity index (χ0) is 22.0. The summed E-state index contributed by atoms with van der Waals surface area (Å²) < 4.78 is 49.8. The molecule has 1 aliphatic carbocycles. The normalized spacial score (nSPS) is 20.5. The standard InChI is InChI=1S/C20H32F3N5OS.HI/c1-3-24-19(28-16-7-5-8-17(13-16)30(29)4-2)26-12-6-11-25-18-10-9-15(14-27-18)20(21,22)23;/h9-10,14,16-17H,3-8,11-13H2,1-2H3,(H,25,27)(H2,24,26,28);1H. The molecular formula is C20H33F3IN5OS. The lowest BCUT2D eigenvalue weighted by Gasteiger charge is -2.30. The fourth-order valence-electron chi connectivity index (χ4n) is 3.42. The predicted octanol–water partition coefficient (Wildman–Crippen LogP) is 4.16. The minimum absolute atomic E-state index is 0. The highest BCUT2D eigenvalue weighted by atomic mass is 127. The molecule has 1 aliphatic rings. The Kier molecular flexibility index (Phi) is 12.7. The lowest BCUT2D eigenvalue weighted by molar-refractivity contribution is -0.137. The fraction of sp³-hybridized carbons (Fsp3) is 0.700. The summed E-state index contributed by atoms with van der Waals surface area (Å²) in [5.41, 5.74) is -0.758. The molecule has 0 aromatic carbocycles. The van der Waals surface area contributed by atoms with E-state index >= 15 is 0 Å². The van der Waals surface area contributed by atoms with Gasteiger partial charge in [-0.15, -0.1) is 24.0 Å². The van der Waals surface area contributed by atoms with Gasteiger partial charge in [0.2, 0.25) is 0 Å². The highest BCUT2D eigenvalue weighted by Gasteiger charge is 2.30. The van der Waals surface area contributed by atoms with Crippen molar-refractivity contribution in [3.63, 3.8) is 0 Å². The van der Waals surface area contributed by atoms with Gasteiger partial charge in [-0.3, -0.25) is 9.20 Å². The van der Waals surface area contributed by atoms with Gasteiger partial charge in [0.1, 0.15) is 5.82 Å². The largest absolute Gasteiger partial charge is 0.417 e. The number of anilines is 1. The van der Waals surface area contributed by atoms with E-state index in [1.165, 1.54) is 6.07 Å². The molecule has 2 rings (SSSR count). The van der Waals surface area contributed by atoms with Crippen LogP contribution >= 0.6 is 24.0 Å². The Morgan fingerprint density at radius 1 is 1.29 bits per heavy atom. The Bertz CT molecular complexity index is 703. The Morgan fingerprint density at radius 2 is 2.06 bits per heavy atom. The van der Waals surface area contributed by atoms with E-state index in [2.05, 4.69) is 25.9 Å². The zero-order valence-corrected chi connectivity index (χ0v) is 21.2. The monoisotopic (exact) mass is 575 g/mol. The Labute approximate surface area is 202 Å². The van der Waals surface area contributed by atoms with Crippen molar-refractivity contribution in [3.8, 4) is 0 Å². The molecule has 1 heterocycles. The minimum atomic E-state index is -4.38. The zero-order valence-electron chi connectivity index (χ0n) is 18.0. The van der Waals surface area contributed by atoms with E-state index in [4.69, 9.17) is 0 Å². The van der Waals surface area contributed by atoms with E-state index in [0.29, 0.717) is 31.1 Å². The Balaban J connectivity index is 0.00000480.